The van der Waals surface area contributed by atoms with Crippen molar-refractivity contribution in [3.63, 3.8) is 0 Å². The first kappa shape index (κ1) is 11.7. The molecule has 2 aromatic rings. The maximum Gasteiger partial charge on any atom is 0.0412 e. The predicted octanol–water partition coefficient (Wildman–Crippen LogP) is 5.41. The van der Waals surface area contributed by atoms with Crippen molar-refractivity contribution in [3.8, 4) is 11.1 Å². The molecular weight excluding hydrogens is 331 g/mol. The van der Waals surface area contributed by atoms with Gasteiger partial charge in [-0.15, -0.1) is 0 Å². The van der Waals surface area contributed by atoms with Gasteiger partial charge in [0.15, 0.2) is 0 Å². The lowest BCUT2D eigenvalue weighted by Crippen LogP contribution is -1.82. The highest BCUT2D eigenvalue weighted by Gasteiger charge is 2.02. The van der Waals surface area contributed by atoms with Crippen LogP contribution in [-0.2, 0) is 0 Å². The zero-order valence-electron chi connectivity index (χ0n) is 8.53. The van der Waals surface area contributed by atoms with E-state index in [1.807, 2.05) is 34.4 Å². The van der Waals surface area contributed by atoms with Gasteiger partial charge in [0.1, 0.15) is 0 Å². The van der Waals surface area contributed by atoms with Gasteiger partial charge in [0.25, 0.3) is 0 Å². The summed E-state index contributed by atoms with van der Waals surface area (Å²) in [7, 11) is 0. The standard InChI is InChI=1S/C14H10ClI/c15-13-6-3-5-12(10-13)14-7-2-1-4-11(14)8-9-16/h1-10H/b9-8+. The van der Waals surface area contributed by atoms with Crippen molar-refractivity contribution in [1.29, 1.82) is 0 Å². The van der Waals surface area contributed by atoms with E-state index in [-0.39, 0.29) is 0 Å². The van der Waals surface area contributed by atoms with Crippen LogP contribution in [0.2, 0.25) is 5.02 Å². The topological polar surface area (TPSA) is 0 Å². The van der Waals surface area contributed by atoms with Crippen molar-refractivity contribution in [2.45, 2.75) is 0 Å². The van der Waals surface area contributed by atoms with E-state index in [4.69, 9.17) is 11.6 Å². The van der Waals surface area contributed by atoms with Crippen LogP contribution in [0.4, 0.5) is 0 Å². The van der Waals surface area contributed by atoms with Gasteiger partial charge in [-0.05, 0) is 39.0 Å². The highest BCUT2D eigenvalue weighted by molar-refractivity contribution is 14.1. The monoisotopic (exact) mass is 340 g/mol. The molecule has 2 aromatic carbocycles. The van der Waals surface area contributed by atoms with Gasteiger partial charge in [0, 0.05) is 5.02 Å². The summed E-state index contributed by atoms with van der Waals surface area (Å²) in [6.07, 6.45) is 2.09. The second kappa shape index (κ2) is 5.51. The maximum absolute atomic E-state index is 6.00. The average molecular weight is 341 g/mol. The Balaban J connectivity index is 2.55. The first-order valence-electron chi connectivity index (χ1n) is 4.93. The van der Waals surface area contributed by atoms with Crippen LogP contribution < -0.4 is 0 Å². The first-order valence-corrected chi connectivity index (χ1v) is 6.55. The lowest BCUT2D eigenvalue weighted by Gasteiger charge is -2.06. The average Bonchev–Trinajstić information content (AvgIpc) is 2.30. The Kier molecular flexibility index (Phi) is 4.02. The second-order valence-corrected chi connectivity index (χ2v) is 4.55. The van der Waals surface area contributed by atoms with Gasteiger partial charge in [-0.25, -0.2) is 0 Å². The first-order chi connectivity index (χ1) is 7.81. The molecule has 0 spiro atoms. The fourth-order valence-electron chi connectivity index (χ4n) is 1.63. The lowest BCUT2D eigenvalue weighted by atomic mass is 10.00. The molecule has 0 radical (unpaired) electrons. The molecule has 0 fully saturated rings. The van der Waals surface area contributed by atoms with Crippen molar-refractivity contribution in [3.05, 3.63) is 63.2 Å². The molecule has 0 aromatic heterocycles. The van der Waals surface area contributed by atoms with E-state index >= 15 is 0 Å². The van der Waals surface area contributed by atoms with Gasteiger partial charge in [-0.3, -0.25) is 0 Å². The molecule has 0 nitrogen and oxygen atoms in total. The third-order valence-corrected chi connectivity index (χ3v) is 2.93. The third kappa shape index (κ3) is 2.66. The van der Waals surface area contributed by atoms with E-state index in [1.54, 1.807) is 0 Å². The van der Waals surface area contributed by atoms with Crippen LogP contribution in [0.3, 0.4) is 0 Å². The van der Waals surface area contributed by atoms with Gasteiger partial charge in [-0.1, -0.05) is 70.6 Å². The lowest BCUT2D eigenvalue weighted by molar-refractivity contribution is 1.59. The van der Waals surface area contributed by atoms with Crippen molar-refractivity contribution in [2.75, 3.05) is 0 Å². The molecule has 0 N–H and O–H groups in total. The summed E-state index contributed by atoms with van der Waals surface area (Å²) in [5.74, 6) is 0. The molecule has 0 aliphatic rings. The summed E-state index contributed by atoms with van der Waals surface area (Å²) in [5, 5.41) is 0.769. The van der Waals surface area contributed by atoms with Crippen molar-refractivity contribution < 1.29 is 0 Å². The molecular formula is C14H10ClI. The quantitative estimate of drug-likeness (QED) is 0.641. The van der Waals surface area contributed by atoms with Crippen LogP contribution in [0.15, 0.2) is 52.6 Å². The fourth-order valence-corrected chi connectivity index (χ4v) is 2.21. The summed E-state index contributed by atoms with van der Waals surface area (Å²) in [4.78, 5) is 0. The number of halogens is 2. The summed E-state index contributed by atoms with van der Waals surface area (Å²) < 4.78 is 2.02. The van der Waals surface area contributed by atoms with Crippen molar-refractivity contribution >= 4 is 40.3 Å². The molecule has 0 aliphatic heterocycles. The molecule has 0 atom stereocenters. The second-order valence-electron chi connectivity index (χ2n) is 3.39. The number of hydrogen-bond acceptors (Lipinski definition) is 0. The normalized spacial score (nSPS) is 10.9. The number of rotatable bonds is 2. The molecule has 16 heavy (non-hydrogen) atoms. The summed E-state index contributed by atoms with van der Waals surface area (Å²) >= 11 is 8.23. The highest BCUT2D eigenvalue weighted by Crippen LogP contribution is 2.27. The molecule has 0 bridgehead atoms. The fraction of sp³-hybridized carbons (Fsp3) is 0. The van der Waals surface area contributed by atoms with Crippen LogP contribution in [0.5, 0.6) is 0 Å². The van der Waals surface area contributed by atoms with E-state index in [0.717, 1.165) is 10.6 Å². The SMILES string of the molecule is Clc1cccc(-c2ccccc2/C=C/I)c1. The van der Waals surface area contributed by atoms with Crippen LogP contribution in [-0.4, -0.2) is 0 Å². The molecule has 2 rings (SSSR count). The Morgan fingerprint density at radius 3 is 2.56 bits per heavy atom. The van der Waals surface area contributed by atoms with Crippen LogP contribution >= 0.6 is 34.2 Å². The number of benzene rings is 2. The van der Waals surface area contributed by atoms with Crippen LogP contribution in [0.25, 0.3) is 17.2 Å². The molecule has 0 unspecified atom stereocenters. The Morgan fingerprint density at radius 2 is 1.81 bits per heavy atom. The van der Waals surface area contributed by atoms with Gasteiger partial charge >= 0.3 is 0 Å². The summed E-state index contributed by atoms with van der Waals surface area (Å²) in [6, 6.07) is 16.2. The Labute approximate surface area is 114 Å². The molecule has 2 heteroatoms. The van der Waals surface area contributed by atoms with E-state index in [9.17, 15) is 0 Å². The predicted molar refractivity (Wildman–Crippen MR) is 79.9 cm³/mol. The molecule has 0 saturated carbocycles. The number of hydrogen-bond donors (Lipinski definition) is 0. The largest absolute Gasteiger partial charge is 0.0843 e. The van der Waals surface area contributed by atoms with E-state index in [0.29, 0.717) is 0 Å². The molecule has 0 saturated heterocycles. The molecule has 0 amide bonds. The highest BCUT2D eigenvalue weighted by atomic mass is 127. The van der Waals surface area contributed by atoms with E-state index < -0.39 is 0 Å². The molecule has 0 heterocycles. The van der Waals surface area contributed by atoms with Crippen LogP contribution in [0, 0.1) is 0 Å². The zero-order chi connectivity index (χ0) is 11.4. The Bertz CT molecular complexity index is 518. The van der Waals surface area contributed by atoms with E-state index in [1.165, 1.54) is 11.1 Å². The van der Waals surface area contributed by atoms with E-state index in [2.05, 4.69) is 46.9 Å². The van der Waals surface area contributed by atoms with Crippen molar-refractivity contribution in [2.24, 2.45) is 0 Å². The van der Waals surface area contributed by atoms with Crippen molar-refractivity contribution in [1.82, 2.24) is 0 Å². The van der Waals surface area contributed by atoms with Gasteiger partial charge in [-0.2, -0.15) is 0 Å². The zero-order valence-corrected chi connectivity index (χ0v) is 11.4. The van der Waals surface area contributed by atoms with Gasteiger partial charge in [0.2, 0.25) is 0 Å². The molecule has 80 valence electrons. The van der Waals surface area contributed by atoms with Gasteiger partial charge < -0.3 is 0 Å². The summed E-state index contributed by atoms with van der Waals surface area (Å²) in [6.45, 7) is 0. The smallest absolute Gasteiger partial charge is 0.0412 e. The van der Waals surface area contributed by atoms with Gasteiger partial charge in [0.05, 0.1) is 0 Å². The minimum absolute atomic E-state index is 0.769. The minimum Gasteiger partial charge on any atom is -0.0843 e. The Morgan fingerprint density at radius 1 is 1.00 bits per heavy atom. The maximum atomic E-state index is 6.00. The Hall–Kier alpha value is -0.800. The summed E-state index contributed by atoms with van der Waals surface area (Å²) in [5.41, 5.74) is 3.56. The van der Waals surface area contributed by atoms with Crippen LogP contribution in [0.1, 0.15) is 5.56 Å². The third-order valence-electron chi connectivity index (χ3n) is 2.34. The minimum atomic E-state index is 0.769. The molecule has 0 aliphatic carbocycles.